The highest BCUT2D eigenvalue weighted by molar-refractivity contribution is 5.85. The number of carboxylic acids is 1. The first-order valence-corrected chi connectivity index (χ1v) is 3.48. The average Bonchev–Trinajstić information content (AvgIpc) is 1.84. The molecule has 0 aromatic heterocycles. The Morgan fingerprint density at radius 1 is 1.54 bits per heavy atom. The summed E-state index contributed by atoms with van der Waals surface area (Å²) in [6.45, 7) is 1.23. The summed E-state index contributed by atoms with van der Waals surface area (Å²) in [7, 11) is 2.88. The quantitative estimate of drug-likeness (QED) is 0.775. The van der Waals surface area contributed by atoms with Gasteiger partial charge in [0.15, 0.2) is 0 Å². The molecule has 0 amide bonds. The highest BCUT2D eigenvalue weighted by Crippen LogP contribution is 2.24. The number of nitrogens with zero attached hydrogens (tertiary/aromatic N) is 1. The molecular formula is C7H14ClF2NO2. The molecule has 3 nitrogen and oxygen atoms in total. The molecule has 0 aromatic rings. The first kappa shape index (κ1) is 15.1. The average molecular weight is 218 g/mol. The summed E-state index contributed by atoms with van der Waals surface area (Å²) in [4.78, 5) is 11.5. The van der Waals surface area contributed by atoms with Crippen LogP contribution in [0.2, 0.25) is 0 Å². The number of hydrogen-bond donors (Lipinski definition) is 1. The van der Waals surface area contributed by atoms with Crippen molar-refractivity contribution >= 4 is 18.4 Å². The Bertz CT molecular complexity index is 168. The van der Waals surface area contributed by atoms with Crippen molar-refractivity contribution in [2.75, 3.05) is 14.1 Å². The molecule has 1 atom stereocenters. The van der Waals surface area contributed by atoms with E-state index in [4.69, 9.17) is 5.11 Å². The van der Waals surface area contributed by atoms with Gasteiger partial charge in [-0.1, -0.05) is 0 Å². The second kappa shape index (κ2) is 5.34. The molecule has 1 N–H and O–H groups in total. The summed E-state index contributed by atoms with van der Waals surface area (Å²) >= 11 is 0. The van der Waals surface area contributed by atoms with Gasteiger partial charge >= 0.3 is 5.97 Å². The normalized spacial score (nSPS) is 15.3. The van der Waals surface area contributed by atoms with Gasteiger partial charge in [0.25, 0.3) is 6.43 Å². The summed E-state index contributed by atoms with van der Waals surface area (Å²) in [5.41, 5.74) is -1.58. The third kappa shape index (κ3) is 3.87. The first-order valence-electron chi connectivity index (χ1n) is 3.48. The zero-order valence-electron chi connectivity index (χ0n) is 7.75. The maximum Gasteiger partial charge on any atom is 0.305 e. The molecule has 0 aliphatic carbocycles. The summed E-state index contributed by atoms with van der Waals surface area (Å²) in [5, 5.41) is 8.39. The Balaban J connectivity index is 0. The van der Waals surface area contributed by atoms with E-state index in [1.165, 1.54) is 25.9 Å². The molecule has 80 valence electrons. The summed E-state index contributed by atoms with van der Waals surface area (Å²) in [5.74, 6) is -1.22. The molecule has 0 aliphatic heterocycles. The molecule has 1 unspecified atom stereocenters. The Morgan fingerprint density at radius 3 is 2.00 bits per heavy atom. The van der Waals surface area contributed by atoms with Gasteiger partial charge in [-0.05, 0) is 21.0 Å². The Morgan fingerprint density at radius 2 is 1.92 bits per heavy atom. The molecule has 0 saturated carbocycles. The number of rotatable bonds is 4. The fourth-order valence-corrected chi connectivity index (χ4v) is 0.737. The SMILES string of the molecule is CN(C)C(C)(CC(=O)O)C(F)F.Cl. The van der Waals surface area contributed by atoms with Crippen molar-refractivity contribution in [3.63, 3.8) is 0 Å². The molecule has 0 heterocycles. The van der Waals surface area contributed by atoms with Gasteiger partial charge in [-0.25, -0.2) is 8.78 Å². The van der Waals surface area contributed by atoms with Crippen LogP contribution >= 0.6 is 12.4 Å². The number of carbonyl (C=O) groups is 1. The van der Waals surface area contributed by atoms with Crippen molar-refractivity contribution in [3.8, 4) is 0 Å². The Kier molecular flexibility index (Phi) is 6.19. The number of carboxylic acid groups (broad SMARTS) is 1. The van der Waals surface area contributed by atoms with Crippen molar-refractivity contribution in [3.05, 3.63) is 0 Å². The van der Waals surface area contributed by atoms with Gasteiger partial charge in [0.05, 0.1) is 12.0 Å². The van der Waals surface area contributed by atoms with E-state index >= 15 is 0 Å². The fourth-order valence-electron chi connectivity index (χ4n) is 0.737. The van der Waals surface area contributed by atoms with Crippen molar-refractivity contribution < 1.29 is 18.7 Å². The summed E-state index contributed by atoms with van der Waals surface area (Å²) < 4.78 is 24.8. The summed E-state index contributed by atoms with van der Waals surface area (Å²) in [6.07, 6.45) is -3.22. The van der Waals surface area contributed by atoms with Crippen LogP contribution in [0.3, 0.4) is 0 Å². The monoisotopic (exact) mass is 217 g/mol. The predicted molar refractivity (Wildman–Crippen MR) is 47.6 cm³/mol. The molecule has 0 aromatic carbocycles. The van der Waals surface area contributed by atoms with Crippen LogP contribution in [0.15, 0.2) is 0 Å². The van der Waals surface area contributed by atoms with Gasteiger partial charge in [0.2, 0.25) is 0 Å². The lowest BCUT2D eigenvalue weighted by atomic mass is 9.97. The largest absolute Gasteiger partial charge is 0.481 e. The Hall–Kier alpha value is -0.420. The number of halogens is 3. The lowest BCUT2D eigenvalue weighted by molar-refractivity contribution is -0.143. The van der Waals surface area contributed by atoms with Gasteiger partial charge < -0.3 is 5.11 Å². The maximum atomic E-state index is 12.4. The maximum absolute atomic E-state index is 12.4. The van der Waals surface area contributed by atoms with Crippen LogP contribution in [0.5, 0.6) is 0 Å². The van der Waals surface area contributed by atoms with E-state index in [2.05, 4.69) is 0 Å². The van der Waals surface area contributed by atoms with Gasteiger partial charge in [0.1, 0.15) is 0 Å². The van der Waals surface area contributed by atoms with Crippen LogP contribution in [0, 0.1) is 0 Å². The minimum atomic E-state index is -2.66. The van der Waals surface area contributed by atoms with Gasteiger partial charge in [-0.15, -0.1) is 12.4 Å². The third-order valence-corrected chi connectivity index (χ3v) is 2.00. The zero-order valence-corrected chi connectivity index (χ0v) is 8.57. The van der Waals surface area contributed by atoms with E-state index in [-0.39, 0.29) is 12.4 Å². The van der Waals surface area contributed by atoms with E-state index < -0.39 is 24.4 Å². The second-order valence-electron chi connectivity index (χ2n) is 3.12. The van der Waals surface area contributed by atoms with Gasteiger partial charge in [-0.2, -0.15) is 0 Å². The molecule has 0 saturated heterocycles. The topological polar surface area (TPSA) is 40.5 Å². The summed E-state index contributed by atoms with van der Waals surface area (Å²) in [6, 6.07) is 0. The zero-order chi connectivity index (χ0) is 9.94. The van der Waals surface area contributed by atoms with E-state index in [9.17, 15) is 13.6 Å². The van der Waals surface area contributed by atoms with Crippen LogP contribution < -0.4 is 0 Å². The van der Waals surface area contributed by atoms with E-state index in [1.54, 1.807) is 0 Å². The van der Waals surface area contributed by atoms with Crippen LogP contribution in [-0.2, 0) is 4.79 Å². The number of alkyl halides is 2. The molecule has 6 heteroatoms. The molecule has 0 spiro atoms. The van der Waals surface area contributed by atoms with Gasteiger partial charge in [-0.3, -0.25) is 9.69 Å². The smallest absolute Gasteiger partial charge is 0.305 e. The molecule has 0 rings (SSSR count). The second-order valence-corrected chi connectivity index (χ2v) is 3.12. The third-order valence-electron chi connectivity index (χ3n) is 2.00. The van der Waals surface area contributed by atoms with Crippen LogP contribution in [0.4, 0.5) is 8.78 Å². The highest BCUT2D eigenvalue weighted by Gasteiger charge is 2.39. The van der Waals surface area contributed by atoms with Gasteiger partial charge in [0, 0.05) is 0 Å². The lowest BCUT2D eigenvalue weighted by Crippen LogP contribution is -2.49. The number of hydrogen-bond acceptors (Lipinski definition) is 2. The van der Waals surface area contributed by atoms with Crippen molar-refractivity contribution in [1.29, 1.82) is 0 Å². The van der Waals surface area contributed by atoms with Crippen molar-refractivity contribution in [2.45, 2.75) is 25.3 Å². The Labute approximate surface area is 82.1 Å². The molecular weight excluding hydrogens is 204 g/mol. The van der Waals surface area contributed by atoms with Crippen molar-refractivity contribution in [2.24, 2.45) is 0 Å². The molecule has 0 radical (unpaired) electrons. The molecule has 13 heavy (non-hydrogen) atoms. The van der Waals surface area contributed by atoms with E-state index in [0.29, 0.717) is 0 Å². The number of aliphatic carboxylic acids is 1. The molecule has 0 aliphatic rings. The molecule has 0 fully saturated rings. The fraction of sp³-hybridized carbons (Fsp3) is 0.857. The standard InChI is InChI=1S/C7H13F2NO2.ClH/c1-7(6(8)9,10(2)3)4-5(11)12;/h6H,4H2,1-3H3,(H,11,12);1H. The van der Waals surface area contributed by atoms with Crippen LogP contribution in [0.25, 0.3) is 0 Å². The first-order chi connectivity index (χ1) is 5.30. The highest BCUT2D eigenvalue weighted by atomic mass is 35.5. The predicted octanol–water partition coefficient (Wildman–Crippen LogP) is 1.47. The van der Waals surface area contributed by atoms with E-state index in [1.807, 2.05) is 0 Å². The van der Waals surface area contributed by atoms with E-state index in [0.717, 1.165) is 0 Å². The molecule has 0 bridgehead atoms. The lowest BCUT2D eigenvalue weighted by Gasteiger charge is -2.33. The van der Waals surface area contributed by atoms with Crippen LogP contribution in [-0.4, -0.2) is 42.0 Å². The van der Waals surface area contributed by atoms with Crippen molar-refractivity contribution in [1.82, 2.24) is 4.90 Å². The minimum Gasteiger partial charge on any atom is -0.481 e. The van der Waals surface area contributed by atoms with Crippen LogP contribution in [0.1, 0.15) is 13.3 Å². The minimum absolute atomic E-state index is 0.